The lowest BCUT2D eigenvalue weighted by atomic mass is 10.2. The summed E-state index contributed by atoms with van der Waals surface area (Å²) in [5, 5.41) is 20.7. The van der Waals surface area contributed by atoms with Gasteiger partial charge in [-0.25, -0.2) is 4.39 Å². The Morgan fingerprint density at radius 3 is 2.76 bits per heavy atom. The fourth-order valence-corrected chi connectivity index (χ4v) is 1.51. The lowest BCUT2D eigenvalue weighted by Gasteiger charge is -2.13. The van der Waals surface area contributed by atoms with Gasteiger partial charge in [-0.3, -0.25) is 0 Å². The molecule has 0 aliphatic heterocycles. The Morgan fingerprint density at radius 1 is 1.53 bits per heavy atom. The van der Waals surface area contributed by atoms with Crippen LogP contribution in [0, 0.1) is 5.82 Å². The number of aliphatic hydroxyl groups excluding tert-OH is 2. The van der Waals surface area contributed by atoms with Crippen LogP contribution in [0.25, 0.3) is 0 Å². The third kappa shape index (κ3) is 4.03. The Kier molecular flexibility index (Phi) is 5.47. The maximum atomic E-state index is 13.5. The summed E-state index contributed by atoms with van der Waals surface area (Å²) in [6.45, 7) is 1.81. The van der Waals surface area contributed by atoms with Crippen LogP contribution in [0.3, 0.4) is 0 Å². The minimum atomic E-state index is -0.900. The molecule has 1 unspecified atom stereocenters. The van der Waals surface area contributed by atoms with Crippen molar-refractivity contribution in [3.63, 3.8) is 0 Å². The van der Waals surface area contributed by atoms with Crippen LogP contribution < -0.4 is 10.1 Å². The van der Waals surface area contributed by atoms with Crippen molar-refractivity contribution in [3.8, 4) is 5.75 Å². The molecule has 17 heavy (non-hydrogen) atoms. The molecule has 0 radical (unpaired) electrons. The Bertz CT molecular complexity index is 353. The second kappa shape index (κ2) is 6.64. The van der Waals surface area contributed by atoms with Gasteiger partial charge in [-0.15, -0.1) is 0 Å². The van der Waals surface area contributed by atoms with E-state index in [1.54, 1.807) is 6.92 Å². The van der Waals surface area contributed by atoms with Crippen molar-refractivity contribution in [1.29, 1.82) is 0 Å². The zero-order valence-corrected chi connectivity index (χ0v) is 10.2. The highest BCUT2D eigenvalue weighted by atomic mass is 35.5. The molecule has 0 spiro atoms. The number of ether oxygens (including phenoxy) is 1. The molecule has 1 atom stereocenters. The Balaban J connectivity index is 2.76. The molecule has 1 aromatic carbocycles. The molecule has 3 N–H and O–H groups in total. The zero-order chi connectivity index (χ0) is 12.8. The molecule has 0 fully saturated rings. The van der Waals surface area contributed by atoms with E-state index in [-0.39, 0.29) is 23.9 Å². The normalized spacial score (nSPS) is 12.3. The average molecular weight is 264 g/mol. The molecule has 0 bridgehead atoms. The van der Waals surface area contributed by atoms with Crippen LogP contribution in [0.5, 0.6) is 5.75 Å². The minimum Gasteiger partial charge on any atom is -0.489 e. The molecular formula is C11H15ClFNO3. The minimum absolute atomic E-state index is 0.0161. The number of rotatable bonds is 6. The summed E-state index contributed by atoms with van der Waals surface area (Å²) >= 11 is 5.85. The van der Waals surface area contributed by atoms with E-state index in [9.17, 15) is 4.39 Å². The molecule has 0 aliphatic carbocycles. The van der Waals surface area contributed by atoms with Crippen LogP contribution in [0.1, 0.15) is 6.92 Å². The number of nitrogens with one attached hydrogen (secondary N) is 1. The SMILES string of the molecule is CCOc1c(F)cc(NCC(O)CO)cc1Cl. The van der Waals surface area contributed by atoms with Crippen molar-refractivity contribution in [2.75, 3.05) is 25.1 Å². The van der Waals surface area contributed by atoms with Gasteiger partial charge in [0, 0.05) is 18.3 Å². The monoisotopic (exact) mass is 263 g/mol. The topological polar surface area (TPSA) is 61.7 Å². The Hall–Kier alpha value is -1.04. The van der Waals surface area contributed by atoms with Crippen molar-refractivity contribution in [2.45, 2.75) is 13.0 Å². The van der Waals surface area contributed by atoms with E-state index < -0.39 is 11.9 Å². The summed E-state index contributed by atoms with van der Waals surface area (Å²) in [4.78, 5) is 0. The Labute approximate surface area is 104 Å². The quantitative estimate of drug-likeness (QED) is 0.730. The van der Waals surface area contributed by atoms with Gasteiger partial charge < -0.3 is 20.3 Å². The van der Waals surface area contributed by atoms with Crippen molar-refractivity contribution < 1.29 is 19.3 Å². The molecule has 0 aliphatic rings. The van der Waals surface area contributed by atoms with Crippen LogP contribution in [-0.4, -0.2) is 36.1 Å². The fourth-order valence-electron chi connectivity index (χ4n) is 1.24. The lowest BCUT2D eigenvalue weighted by Crippen LogP contribution is -2.23. The number of aliphatic hydroxyl groups is 2. The first-order valence-corrected chi connectivity index (χ1v) is 5.61. The van der Waals surface area contributed by atoms with Gasteiger partial charge in [0.2, 0.25) is 0 Å². The van der Waals surface area contributed by atoms with E-state index in [0.29, 0.717) is 12.3 Å². The van der Waals surface area contributed by atoms with Gasteiger partial charge >= 0.3 is 0 Å². The summed E-state index contributed by atoms with van der Waals surface area (Å²) in [7, 11) is 0. The van der Waals surface area contributed by atoms with Crippen molar-refractivity contribution in [3.05, 3.63) is 23.0 Å². The number of benzene rings is 1. The molecule has 6 heteroatoms. The molecule has 1 rings (SSSR count). The molecule has 96 valence electrons. The molecule has 0 amide bonds. The van der Waals surface area contributed by atoms with E-state index in [2.05, 4.69) is 5.32 Å². The largest absolute Gasteiger partial charge is 0.489 e. The first-order chi connectivity index (χ1) is 8.08. The van der Waals surface area contributed by atoms with E-state index in [1.165, 1.54) is 12.1 Å². The van der Waals surface area contributed by atoms with Crippen molar-refractivity contribution in [1.82, 2.24) is 0 Å². The van der Waals surface area contributed by atoms with Crippen molar-refractivity contribution in [2.24, 2.45) is 0 Å². The number of anilines is 1. The highest BCUT2D eigenvalue weighted by Gasteiger charge is 2.11. The van der Waals surface area contributed by atoms with Gasteiger partial charge in [-0.2, -0.15) is 0 Å². The third-order valence-corrected chi connectivity index (χ3v) is 2.32. The number of hydrogen-bond donors (Lipinski definition) is 3. The highest BCUT2D eigenvalue weighted by molar-refractivity contribution is 6.32. The summed E-state index contributed by atoms with van der Waals surface area (Å²) in [6, 6.07) is 2.72. The smallest absolute Gasteiger partial charge is 0.173 e. The predicted octanol–water partition coefficient (Wildman–Crippen LogP) is 1.64. The Morgan fingerprint density at radius 2 is 2.24 bits per heavy atom. The molecular weight excluding hydrogens is 249 g/mol. The third-order valence-electron chi connectivity index (χ3n) is 2.04. The summed E-state index contributed by atoms with van der Waals surface area (Å²) in [5.74, 6) is -0.553. The summed E-state index contributed by atoms with van der Waals surface area (Å²) in [6.07, 6.45) is -0.900. The number of hydrogen-bond acceptors (Lipinski definition) is 4. The lowest BCUT2D eigenvalue weighted by molar-refractivity contribution is 0.105. The second-order valence-electron chi connectivity index (χ2n) is 3.42. The standard InChI is InChI=1S/C11H15ClFNO3/c1-2-17-11-9(12)3-7(4-10(11)13)14-5-8(16)6-15/h3-4,8,14-16H,2,5-6H2,1H3. The molecule has 0 saturated carbocycles. The summed E-state index contributed by atoms with van der Waals surface area (Å²) < 4.78 is 18.6. The molecule has 0 heterocycles. The van der Waals surface area contributed by atoms with E-state index in [4.69, 9.17) is 26.6 Å². The first kappa shape index (κ1) is 14.0. The molecule has 1 aromatic rings. The predicted molar refractivity (Wildman–Crippen MR) is 64.2 cm³/mol. The van der Waals surface area contributed by atoms with Crippen LogP contribution >= 0.6 is 11.6 Å². The molecule has 4 nitrogen and oxygen atoms in total. The van der Waals surface area contributed by atoms with Gasteiger partial charge in [0.05, 0.1) is 24.3 Å². The van der Waals surface area contributed by atoms with Gasteiger partial charge in [0.1, 0.15) is 0 Å². The average Bonchev–Trinajstić information content (AvgIpc) is 2.30. The second-order valence-corrected chi connectivity index (χ2v) is 3.83. The van der Waals surface area contributed by atoms with Crippen LogP contribution in [0.4, 0.5) is 10.1 Å². The van der Waals surface area contributed by atoms with Crippen LogP contribution in [0.15, 0.2) is 12.1 Å². The fraction of sp³-hybridized carbons (Fsp3) is 0.455. The maximum absolute atomic E-state index is 13.5. The molecule has 0 aromatic heterocycles. The van der Waals surface area contributed by atoms with Gasteiger partial charge in [-0.05, 0) is 13.0 Å². The maximum Gasteiger partial charge on any atom is 0.173 e. The van der Waals surface area contributed by atoms with Crippen LogP contribution in [0.2, 0.25) is 5.02 Å². The highest BCUT2D eigenvalue weighted by Crippen LogP contribution is 2.31. The van der Waals surface area contributed by atoms with E-state index in [0.717, 1.165) is 0 Å². The van der Waals surface area contributed by atoms with Gasteiger partial charge in [0.25, 0.3) is 0 Å². The summed E-state index contributed by atoms with van der Waals surface area (Å²) in [5.41, 5.74) is 0.420. The first-order valence-electron chi connectivity index (χ1n) is 5.23. The van der Waals surface area contributed by atoms with Crippen molar-refractivity contribution >= 4 is 17.3 Å². The van der Waals surface area contributed by atoms with Crippen LogP contribution in [-0.2, 0) is 0 Å². The molecule has 0 saturated heterocycles. The van der Waals surface area contributed by atoms with E-state index >= 15 is 0 Å². The van der Waals surface area contributed by atoms with Gasteiger partial charge in [0.15, 0.2) is 11.6 Å². The number of halogens is 2. The van der Waals surface area contributed by atoms with Gasteiger partial charge in [-0.1, -0.05) is 11.6 Å². The zero-order valence-electron chi connectivity index (χ0n) is 9.41. The van der Waals surface area contributed by atoms with E-state index in [1.807, 2.05) is 0 Å².